The van der Waals surface area contributed by atoms with Gasteiger partial charge in [-0.25, -0.2) is 0 Å². The number of ether oxygens (including phenoxy) is 2. The number of aliphatic hydroxyl groups is 1. The van der Waals surface area contributed by atoms with Crippen LogP contribution in [0.2, 0.25) is 0 Å². The molecule has 6 nitrogen and oxygen atoms in total. The third-order valence-corrected chi connectivity index (χ3v) is 5.78. The number of aryl methyl sites for hydroxylation is 1. The van der Waals surface area contributed by atoms with Crippen LogP contribution in [0.25, 0.3) is 0 Å². The van der Waals surface area contributed by atoms with Crippen molar-refractivity contribution in [2.24, 2.45) is 0 Å². The Bertz CT molecular complexity index is 770. The van der Waals surface area contributed by atoms with E-state index in [2.05, 4.69) is 17.3 Å². The Morgan fingerprint density at radius 1 is 1.13 bits per heavy atom. The predicted molar refractivity (Wildman–Crippen MR) is 118 cm³/mol. The predicted octanol–water partition coefficient (Wildman–Crippen LogP) is 3.89. The quantitative estimate of drug-likeness (QED) is 0.579. The molecule has 1 atom stereocenters. The maximum atomic E-state index is 10.4. The largest absolute Gasteiger partial charge is 0.493 e. The van der Waals surface area contributed by atoms with Crippen molar-refractivity contribution in [1.29, 1.82) is 0 Å². The zero-order valence-corrected chi connectivity index (χ0v) is 18.5. The first-order valence-corrected chi connectivity index (χ1v) is 11.0. The smallest absolute Gasteiger partial charge is 0.161 e. The minimum Gasteiger partial charge on any atom is -0.493 e. The zero-order chi connectivity index (χ0) is 21.3. The fourth-order valence-electron chi connectivity index (χ4n) is 4.09. The molecule has 2 N–H and O–H groups in total. The molecule has 6 heteroatoms. The van der Waals surface area contributed by atoms with Crippen LogP contribution in [0.15, 0.2) is 34.7 Å². The molecule has 1 aromatic carbocycles. The highest BCUT2D eigenvalue weighted by Gasteiger charge is 2.20. The third-order valence-electron chi connectivity index (χ3n) is 5.78. The summed E-state index contributed by atoms with van der Waals surface area (Å²) in [4.78, 5) is 2.28. The number of hydrogen-bond donors (Lipinski definition) is 2. The van der Waals surface area contributed by atoms with Crippen LogP contribution in [0.5, 0.6) is 11.5 Å². The number of methoxy groups -OCH3 is 1. The van der Waals surface area contributed by atoms with E-state index in [1.165, 1.54) is 32.1 Å². The van der Waals surface area contributed by atoms with Crippen molar-refractivity contribution in [3.63, 3.8) is 0 Å². The molecule has 2 aromatic rings. The Balaban J connectivity index is 1.45. The summed E-state index contributed by atoms with van der Waals surface area (Å²) in [6.45, 7) is 4.20. The number of nitrogens with one attached hydrogen (secondary N) is 1. The van der Waals surface area contributed by atoms with Crippen molar-refractivity contribution >= 4 is 0 Å². The van der Waals surface area contributed by atoms with E-state index in [-0.39, 0.29) is 6.61 Å². The van der Waals surface area contributed by atoms with Gasteiger partial charge in [0.25, 0.3) is 0 Å². The van der Waals surface area contributed by atoms with E-state index in [4.69, 9.17) is 13.9 Å². The van der Waals surface area contributed by atoms with Crippen molar-refractivity contribution in [3.8, 4) is 11.5 Å². The van der Waals surface area contributed by atoms with Gasteiger partial charge in [-0.15, -0.1) is 0 Å². The van der Waals surface area contributed by atoms with Gasteiger partial charge in [-0.05, 0) is 56.6 Å². The summed E-state index contributed by atoms with van der Waals surface area (Å²) in [6, 6.07) is 10.4. The normalized spacial score (nSPS) is 16.0. The lowest BCUT2D eigenvalue weighted by Crippen LogP contribution is -2.40. The van der Waals surface area contributed by atoms with E-state index >= 15 is 0 Å². The molecule has 1 aromatic heterocycles. The maximum absolute atomic E-state index is 10.4. The number of benzene rings is 1. The lowest BCUT2D eigenvalue weighted by atomic mass is 9.94. The number of furan rings is 1. The van der Waals surface area contributed by atoms with E-state index < -0.39 is 6.10 Å². The highest BCUT2D eigenvalue weighted by atomic mass is 16.5. The summed E-state index contributed by atoms with van der Waals surface area (Å²) < 4.78 is 16.9. The van der Waals surface area contributed by atoms with Crippen molar-refractivity contribution in [2.75, 3.05) is 27.3 Å². The summed E-state index contributed by atoms with van der Waals surface area (Å²) in [5, 5.41) is 13.8. The molecule has 3 rings (SSSR count). The van der Waals surface area contributed by atoms with Crippen molar-refractivity contribution in [2.45, 2.75) is 64.3 Å². The third kappa shape index (κ3) is 6.76. The molecule has 0 bridgehead atoms. The van der Waals surface area contributed by atoms with E-state index in [0.29, 0.717) is 37.2 Å². The van der Waals surface area contributed by atoms with E-state index in [9.17, 15) is 5.11 Å². The van der Waals surface area contributed by atoms with Gasteiger partial charge in [0.2, 0.25) is 0 Å². The SMILES string of the molecule is COc1cc(CNCc2ccc(C)o2)ccc1OCC(O)CN(C)C1CCCCC1. The molecular weight excluding hydrogens is 380 g/mol. The van der Waals surface area contributed by atoms with Gasteiger partial charge < -0.3 is 29.2 Å². The lowest BCUT2D eigenvalue weighted by Gasteiger charge is -2.32. The number of aliphatic hydroxyl groups excluding tert-OH is 1. The molecule has 1 unspecified atom stereocenters. The molecule has 1 aliphatic carbocycles. The van der Waals surface area contributed by atoms with Crippen molar-refractivity contribution in [1.82, 2.24) is 10.2 Å². The first kappa shape index (κ1) is 22.7. The van der Waals surface area contributed by atoms with E-state index in [0.717, 1.165) is 17.1 Å². The van der Waals surface area contributed by atoms with Crippen LogP contribution >= 0.6 is 0 Å². The summed E-state index contributed by atoms with van der Waals surface area (Å²) in [7, 11) is 3.74. The lowest BCUT2D eigenvalue weighted by molar-refractivity contribution is 0.0553. The molecule has 0 spiro atoms. The van der Waals surface area contributed by atoms with Gasteiger partial charge >= 0.3 is 0 Å². The Morgan fingerprint density at radius 2 is 1.93 bits per heavy atom. The average molecular weight is 417 g/mol. The molecule has 0 amide bonds. The second-order valence-corrected chi connectivity index (χ2v) is 8.30. The van der Waals surface area contributed by atoms with Crippen LogP contribution in [0, 0.1) is 6.92 Å². The number of nitrogens with zero attached hydrogens (tertiary/aromatic N) is 1. The fourth-order valence-corrected chi connectivity index (χ4v) is 4.09. The topological polar surface area (TPSA) is 67.1 Å². The van der Waals surface area contributed by atoms with Gasteiger partial charge in [-0.1, -0.05) is 25.3 Å². The summed E-state index contributed by atoms with van der Waals surface area (Å²) in [5.41, 5.74) is 1.10. The number of rotatable bonds is 11. The first-order chi connectivity index (χ1) is 14.5. The molecule has 30 heavy (non-hydrogen) atoms. The molecular formula is C24H36N2O4. The molecule has 1 heterocycles. The van der Waals surface area contributed by atoms with E-state index in [1.807, 2.05) is 37.3 Å². The van der Waals surface area contributed by atoms with E-state index in [1.54, 1.807) is 7.11 Å². The van der Waals surface area contributed by atoms with Gasteiger partial charge in [-0.3, -0.25) is 0 Å². The number of likely N-dealkylation sites (N-methyl/N-ethyl adjacent to an activating group) is 1. The summed E-state index contributed by atoms with van der Waals surface area (Å²) in [6.07, 6.45) is 5.85. The molecule has 1 aliphatic rings. The second kappa shape index (κ2) is 11.4. The van der Waals surface area contributed by atoms with Gasteiger partial charge in [0.1, 0.15) is 24.2 Å². The first-order valence-electron chi connectivity index (χ1n) is 11.0. The summed E-state index contributed by atoms with van der Waals surface area (Å²) >= 11 is 0. The van der Waals surface area contributed by atoms with Crippen molar-refractivity contribution < 1.29 is 19.0 Å². The second-order valence-electron chi connectivity index (χ2n) is 8.30. The van der Waals surface area contributed by atoms with Crippen LogP contribution in [-0.4, -0.2) is 49.5 Å². The average Bonchev–Trinajstić information content (AvgIpc) is 3.18. The van der Waals surface area contributed by atoms with Gasteiger partial charge in [0, 0.05) is 19.1 Å². The van der Waals surface area contributed by atoms with Crippen LogP contribution < -0.4 is 14.8 Å². The minimum atomic E-state index is -0.528. The molecule has 0 saturated heterocycles. The van der Waals surface area contributed by atoms with Crippen molar-refractivity contribution in [3.05, 3.63) is 47.4 Å². The highest BCUT2D eigenvalue weighted by Crippen LogP contribution is 2.28. The minimum absolute atomic E-state index is 0.253. The summed E-state index contributed by atoms with van der Waals surface area (Å²) in [5.74, 6) is 3.17. The maximum Gasteiger partial charge on any atom is 0.161 e. The Kier molecular flexibility index (Phi) is 8.61. The molecule has 1 fully saturated rings. The highest BCUT2D eigenvalue weighted by molar-refractivity contribution is 5.43. The fraction of sp³-hybridized carbons (Fsp3) is 0.583. The standard InChI is InChI=1S/C24H36N2O4/c1-18-9-11-22(30-18)15-25-14-19-10-12-23(24(13-19)28-3)29-17-21(27)16-26(2)20-7-5-4-6-8-20/h9-13,20-21,25,27H,4-8,14-17H2,1-3H3. The van der Waals surface area contributed by atoms with Crippen LogP contribution in [-0.2, 0) is 13.1 Å². The van der Waals surface area contributed by atoms with Gasteiger partial charge in [-0.2, -0.15) is 0 Å². The Morgan fingerprint density at radius 3 is 2.63 bits per heavy atom. The monoisotopic (exact) mass is 416 g/mol. The van der Waals surface area contributed by atoms with Crippen LogP contribution in [0.4, 0.5) is 0 Å². The molecule has 0 aliphatic heterocycles. The Hall–Kier alpha value is -2.02. The molecule has 166 valence electrons. The molecule has 1 saturated carbocycles. The Labute approximate surface area is 180 Å². The van der Waals surface area contributed by atoms with Crippen LogP contribution in [0.1, 0.15) is 49.2 Å². The number of hydrogen-bond acceptors (Lipinski definition) is 6. The molecule has 0 radical (unpaired) electrons. The van der Waals surface area contributed by atoms with Crippen LogP contribution in [0.3, 0.4) is 0 Å². The van der Waals surface area contributed by atoms with Gasteiger partial charge in [0.15, 0.2) is 11.5 Å². The van der Waals surface area contributed by atoms with Gasteiger partial charge in [0.05, 0.1) is 13.7 Å². The zero-order valence-electron chi connectivity index (χ0n) is 18.5.